The van der Waals surface area contributed by atoms with Crippen LogP contribution in [0.5, 0.6) is 0 Å². The summed E-state index contributed by atoms with van der Waals surface area (Å²) in [6.45, 7) is 13.9. The monoisotopic (exact) mass is 693 g/mol. The van der Waals surface area contributed by atoms with Gasteiger partial charge in [0.2, 0.25) is 5.91 Å². The van der Waals surface area contributed by atoms with Crippen molar-refractivity contribution in [3.05, 3.63) is 35.9 Å². The zero-order valence-corrected chi connectivity index (χ0v) is 31.8. The number of nitrogens with zero attached hydrogens (tertiary/aromatic N) is 3. The van der Waals surface area contributed by atoms with Gasteiger partial charge in [0.15, 0.2) is 12.1 Å². The van der Waals surface area contributed by atoms with Gasteiger partial charge in [0, 0.05) is 65.9 Å². The molecule has 11 nitrogen and oxygen atoms in total. The van der Waals surface area contributed by atoms with Crippen LogP contribution in [0.2, 0.25) is 0 Å². The van der Waals surface area contributed by atoms with Crippen molar-refractivity contribution in [1.29, 1.82) is 0 Å². The number of methoxy groups -OCH3 is 1. The Labute approximate surface area is 296 Å². The van der Waals surface area contributed by atoms with E-state index in [1.165, 1.54) is 0 Å². The van der Waals surface area contributed by atoms with Gasteiger partial charge in [-0.3, -0.25) is 14.4 Å². The van der Waals surface area contributed by atoms with Crippen molar-refractivity contribution >= 4 is 17.7 Å². The summed E-state index contributed by atoms with van der Waals surface area (Å²) in [5.41, 5.74) is -1.47. The zero-order valence-electron chi connectivity index (χ0n) is 31.8. The van der Waals surface area contributed by atoms with Gasteiger partial charge in [0.25, 0.3) is 0 Å². The van der Waals surface area contributed by atoms with E-state index in [4.69, 9.17) is 14.2 Å². The number of ether oxygens (including phenoxy) is 3. The number of carbonyl (C=O) groups excluding carboxylic acids is 3. The molecule has 3 aliphatic rings. The van der Waals surface area contributed by atoms with E-state index in [9.17, 15) is 19.5 Å². The minimum absolute atomic E-state index is 0. The van der Waals surface area contributed by atoms with Crippen LogP contribution in [0.4, 0.5) is 0 Å². The lowest BCUT2D eigenvalue weighted by Crippen LogP contribution is -2.56. The van der Waals surface area contributed by atoms with E-state index in [1.54, 1.807) is 21.0 Å². The average Bonchev–Trinajstić information content (AvgIpc) is 3.00. The van der Waals surface area contributed by atoms with Gasteiger partial charge in [-0.25, -0.2) is 0 Å². The molecular weight excluding hydrogens is 626 g/mol. The Balaban J connectivity index is 0.000000821. The fraction of sp³-hybridized carbons (Fsp3) is 0.763. The normalized spacial score (nSPS) is 31.3. The Morgan fingerprint density at radius 1 is 1.04 bits per heavy atom. The van der Waals surface area contributed by atoms with Gasteiger partial charge in [0.05, 0.1) is 18.1 Å². The molecule has 0 aliphatic carbocycles. The molecule has 0 saturated carbocycles. The number of piperidine rings is 1. The number of esters is 1. The standard InChI is InChI=1S/C30H46N2O5.C8H17NO2.H2O.H2/c1-22-18-29(5,36-7)19-23(2)26(34)28(3,4)27(35)37-30(21-31(6)20-22)13-15-32(16-14-30)25(33)17-24-11-9-8-10-12-24;1-6-4-7(9(2)3)5-8(10)11-6;;/h8-12,22-23H,13-21H2,1-7H3;6-8,10H,4-5H2,1-3H3;1H2;1H/t22-,23?,29-;6-,7+,8-;;/m11../s1. The zero-order chi connectivity index (χ0) is 35.9. The van der Waals surface area contributed by atoms with Gasteiger partial charge in [-0.05, 0) is 79.6 Å². The smallest absolute Gasteiger partial charge is 0.319 e. The number of hydrogen-bond acceptors (Lipinski definition) is 9. The number of Topliss-reactive ketones (excluding diaryl/α,β-unsaturated/α-hetero) is 1. The predicted molar refractivity (Wildman–Crippen MR) is 193 cm³/mol. The number of likely N-dealkylation sites (tertiary alicyclic amines) is 1. The topological polar surface area (TPSA) is 140 Å². The minimum Gasteiger partial charge on any atom is -0.457 e. The van der Waals surface area contributed by atoms with Gasteiger partial charge in [-0.2, -0.15) is 0 Å². The fourth-order valence-electron chi connectivity index (χ4n) is 7.77. The van der Waals surface area contributed by atoms with Crippen molar-refractivity contribution < 1.29 is 40.6 Å². The van der Waals surface area contributed by atoms with E-state index in [0.29, 0.717) is 57.3 Å². The van der Waals surface area contributed by atoms with Gasteiger partial charge in [0.1, 0.15) is 11.0 Å². The number of aliphatic hydroxyl groups is 1. The molecule has 0 aromatic heterocycles. The summed E-state index contributed by atoms with van der Waals surface area (Å²) >= 11 is 0. The maximum atomic E-state index is 13.6. The molecule has 3 heterocycles. The lowest BCUT2D eigenvalue weighted by Gasteiger charge is -2.44. The molecule has 282 valence electrons. The van der Waals surface area contributed by atoms with Gasteiger partial charge < -0.3 is 39.5 Å². The van der Waals surface area contributed by atoms with Crippen LogP contribution in [0.3, 0.4) is 0 Å². The Bertz CT molecular complexity index is 1200. The summed E-state index contributed by atoms with van der Waals surface area (Å²) in [6, 6.07) is 10.2. The Morgan fingerprint density at radius 3 is 2.20 bits per heavy atom. The predicted octanol–water partition coefficient (Wildman–Crippen LogP) is 3.99. The average molecular weight is 694 g/mol. The molecule has 6 atom stereocenters. The highest BCUT2D eigenvalue weighted by Gasteiger charge is 2.48. The second kappa shape index (κ2) is 18.2. The van der Waals surface area contributed by atoms with Crippen LogP contribution in [-0.2, 0) is 35.0 Å². The summed E-state index contributed by atoms with van der Waals surface area (Å²) < 4.78 is 17.4. The third-order valence-electron chi connectivity index (χ3n) is 10.5. The Morgan fingerprint density at radius 2 is 1.65 bits per heavy atom. The number of rotatable bonds is 4. The molecule has 0 bridgehead atoms. The Kier molecular flexibility index (Phi) is 15.9. The first-order valence-corrected chi connectivity index (χ1v) is 17.7. The van der Waals surface area contributed by atoms with E-state index in [1.807, 2.05) is 63.2 Å². The van der Waals surface area contributed by atoms with Crippen LogP contribution in [0.15, 0.2) is 30.3 Å². The molecule has 1 aromatic carbocycles. The molecule has 11 heteroatoms. The van der Waals surface area contributed by atoms with E-state index in [0.717, 1.165) is 31.4 Å². The lowest BCUT2D eigenvalue weighted by atomic mass is 9.76. The summed E-state index contributed by atoms with van der Waals surface area (Å²) in [7, 11) is 7.83. The first kappa shape index (κ1) is 42.8. The SMILES string of the molecule is CO[C@@]1(C)CC(C)C(=O)C(C)(C)C(=O)OC2(CCN(C(=O)Cc3ccccc3)CC2)CN(C)C[C@H](C)C1.C[C@@H]1C[C@H](N(C)C)C[C@H](O)O1.O.[HH]. The molecule has 3 saturated heterocycles. The minimum atomic E-state index is -1.26. The third-order valence-corrected chi connectivity index (χ3v) is 10.5. The molecule has 1 unspecified atom stereocenters. The molecule has 4 rings (SSSR count). The summed E-state index contributed by atoms with van der Waals surface area (Å²) in [5, 5.41) is 9.25. The maximum Gasteiger partial charge on any atom is 0.319 e. The highest BCUT2D eigenvalue weighted by atomic mass is 16.6. The van der Waals surface area contributed by atoms with Crippen LogP contribution < -0.4 is 0 Å². The Hall–Kier alpha value is -2.41. The van der Waals surface area contributed by atoms with Crippen molar-refractivity contribution in [3.8, 4) is 0 Å². The number of aliphatic hydroxyl groups excluding tert-OH is 1. The van der Waals surface area contributed by atoms with Crippen LogP contribution in [0.25, 0.3) is 0 Å². The molecule has 1 amide bonds. The number of likely N-dealkylation sites (N-methyl/N-ethyl adjacent to an activating group) is 1. The van der Waals surface area contributed by atoms with Crippen LogP contribution >= 0.6 is 0 Å². The molecule has 0 radical (unpaired) electrons. The van der Waals surface area contributed by atoms with E-state index in [2.05, 4.69) is 30.7 Å². The van der Waals surface area contributed by atoms with Crippen molar-refractivity contribution in [2.45, 2.75) is 116 Å². The number of ketones is 1. The molecule has 3 fully saturated rings. The van der Waals surface area contributed by atoms with E-state index in [-0.39, 0.29) is 30.6 Å². The number of carbonyl (C=O) groups is 3. The number of benzene rings is 1. The largest absolute Gasteiger partial charge is 0.457 e. The molecule has 1 spiro atoms. The molecular formula is C38H67N3O8. The van der Waals surface area contributed by atoms with Gasteiger partial charge >= 0.3 is 5.97 Å². The lowest BCUT2D eigenvalue weighted by molar-refractivity contribution is -0.180. The second-order valence-corrected chi connectivity index (χ2v) is 15.9. The van der Waals surface area contributed by atoms with Gasteiger partial charge in [-0.1, -0.05) is 44.2 Å². The summed E-state index contributed by atoms with van der Waals surface area (Å²) in [4.78, 5) is 46.3. The molecule has 49 heavy (non-hydrogen) atoms. The summed E-state index contributed by atoms with van der Waals surface area (Å²) in [5.74, 6) is -0.528. The fourth-order valence-corrected chi connectivity index (χ4v) is 7.77. The van der Waals surface area contributed by atoms with Crippen molar-refractivity contribution in [2.75, 3.05) is 54.4 Å². The summed E-state index contributed by atoms with van der Waals surface area (Å²) in [6.07, 6.45) is 4.20. The highest BCUT2D eigenvalue weighted by Crippen LogP contribution is 2.37. The quantitative estimate of drug-likeness (QED) is 0.366. The maximum absolute atomic E-state index is 13.6. The first-order chi connectivity index (χ1) is 22.4. The number of amides is 1. The second-order valence-electron chi connectivity index (χ2n) is 15.9. The van der Waals surface area contributed by atoms with Crippen LogP contribution in [0, 0.1) is 17.3 Å². The molecule has 1 aromatic rings. The van der Waals surface area contributed by atoms with Crippen molar-refractivity contribution in [1.82, 2.24) is 14.7 Å². The van der Waals surface area contributed by atoms with Crippen molar-refractivity contribution in [2.24, 2.45) is 17.3 Å². The molecule has 3 aliphatic heterocycles. The van der Waals surface area contributed by atoms with Crippen molar-refractivity contribution in [3.63, 3.8) is 0 Å². The first-order valence-electron chi connectivity index (χ1n) is 17.7. The third kappa shape index (κ3) is 12.1. The van der Waals surface area contributed by atoms with Crippen LogP contribution in [-0.4, -0.2) is 127 Å². The highest BCUT2D eigenvalue weighted by molar-refractivity contribution is 6.04. The number of hydrogen-bond donors (Lipinski definition) is 1. The van der Waals surface area contributed by atoms with E-state index >= 15 is 0 Å². The van der Waals surface area contributed by atoms with Gasteiger partial charge in [-0.15, -0.1) is 0 Å². The molecule has 3 N–H and O–H groups in total. The van der Waals surface area contributed by atoms with E-state index < -0.39 is 28.9 Å². The van der Waals surface area contributed by atoms with Crippen LogP contribution in [0.1, 0.15) is 87.1 Å².